The maximum atomic E-state index is 13.2. The number of ketones is 1. The van der Waals surface area contributed by atoms with E-state index < -0.39 is 12.0 Å². The van der Waals surface area contributed by atoms with Gasteiger partial charge >= 0.3 is 5.97 Å². The molecule has 1 unspecified atom stereocenters. The van der Waals surface area contributed by atoms with Crippen LogP contribution in [0.5, 0.6) is 5.75 Å². The molecule has 1 atom stereocenters. The average Bonchev–Trinajstić information content (AvgIpc) is 3.74. The van der Waals surface area contributed by atoms with Gasteiger partial charge in [-0.15, -0.1) is 11.3 Å². The van der Waals surface area contributed by atoms with Crippen molar-refractivity contribution < 1.29 is 23.9 Å². The summed E-state index contributed by atoms with van der Waals surface area (Å²) in [6.07, 6.45) is 3.99. The molecule has 0 spiro atoms. The SMILES string of the molecule is COC(=O)C(Cc1ccc(OCCCN(CC2CC2)C(=O)Cc2cccs2)cc1)Nc1ccccc1C(=O)c1ccccc1. The zero-order valence-corrected chi connectivity index (χ0v) is 25.8. The first-order valence-electron chi connectivity index (χ1n) is 15.0. The number of rotatable bonds is 16. The zero-order valence-electron chi connectivity index (χ0n) is 24.9. The Morgan fingerprint density at radius 3 is 2.39 bits per heavy atom. The Labute approximate surface area is 262 Å². The van der Waals surface area contributed by atoms with E-state index in [9.17, 15) is 14.4 Å². The highest BCUT2D eigenvalue weighted by Crippen LogP contribution is 2.30. The molecule has 0 aliphatic heterocycles. The minimum absolute atomic E-state index is 0.124. The van der Waals surface area contributed by atoms with E-state index in [0.717, 1.165) is 29.2 Å². The average molecular weight is 611 g/mol. The number of hydrogen-bond acceptors (Lipinski definition) is 7. The summed E-state index contributed by atoms with van der Waals surface area (Å²) in [4.78, 5) is 41.9. The lowest BCUT2D eigenvalue weighted by molar-refractivity contribution is -0.141. The maximum absolute atomic E-state index is 13.2. The number of nitrogens with one attached hydrogen (secondary N) is 1. The highest BCUT2D eigenvalue weighted by atomic mass is 32.1. The molecule has 1 fully saturated rings. The molecular formula is C36H38N2O5S. The minimum atomic E-state index is -0.694. The third-order valence-electron chi connectivity index (χ3n) is 7.66. The third kappa shape index (κ3) is 8.80. The molecule has 1 N–H and O–H groups in total. The second kappa shape index (κ2) is 15.3. The van der Waals surface area contributed by atoms with E-state index >= 15 is 0 Å². The Balaban J connectivity index is 1.15. The summed E-state index contributed by atoms with van der Waals surface area (Å²) in [6, 6.07) is 27.2. The highest BCUT2D eigenvalue weighted by Gasteiger charge is 2.27. The van der Waals surface area contributed by atoms with Gasteiger partial charge in [-0.1, -0.05) is 60.7 Å². The molecule has 5 rings (SSSR count). The molecule has 0 bridgehead atoms. The van der Waals surface area contributed by atoms with Gasteiger partial charge in [0.1, 0.15) is 11.8 Å². The van der Waals surface area contributed by atoms with Gasteiger partial charge in [0.25, 0.3) is 0 Å². The number of amides is 1. The molecule has 1 aliphatic carbocycles. The van der Waals surface area contributed by atoms with E-state index in [1.165, 1.54) is 20.0 Å². The van der Waals surface area contributed by atoms with Gasteiger partial charge in [0.15, 0.2) is 5.78 Å². The number of carbonyl (C=O) groups excluding carboxylic acids is 3. The minimum Gasteiger partial charge on any atom is -0.494 e. The molecule has 0 radical (unpaired) electrons. The van der Waals surface area contributed by atoms with Crippen LogP contribution >= 0.6 is 11.3 Å². The Morgan fingerprint density at radius 1 is 0.932 bits per heavy atom. The highest BCUT2D eigenvalue weighted by molar-refractivity contribution is 7.10. The Bertz CT molecular complexity index is 1520. The van der Waals surface area contributed by atoms with Gasteiger partial charge in [-0.05, 0) is 66.5 Å². The first-order chi connectivity index (χ1) is 21.5. The van der Waals surface area contributed by atoms with E-state index in [1.807, 2.05) is 70.9 Å². The second-order valence-corrected chi connectivity index (χ2v) is 12.1. The van der Waals surface area contributed by atoms with Crippen LogP contribution in [0.15, 0.2) is 96.4 Å². The normalized spacial score (nSPS) is 13.1. The predicted octanol–water partition coefficient (Wildman–Crippen LogP) is 6.43. The second-order valence-electron chi connectivity index (χ2n) is 11.1. The van der Waals surface area contributed by atoms with Crippen LogP contribution in [-0.2, 0) is 27.2 Å². The summed E-state index contributed by atoms with van der Waals surface area (Å²) in [5, 5.41) is 5.25. The van der Waals surface area contributed by atoms with E-state index in [0.29, 0.717) is 48.7 Å². The molecule has 228 valence electrons. The quantitative estimate of drug-likeness (QED) is 0.0895. The fourth-order valence-corrected chi connectivity index (χ4v) is 5.78. The third-order valence-corrected chi connectivity index (χ3v) is 8.54. The lowest BCUT2D eigenvalue weighted by Crippen LogP contribution is -2.35. The summed E-state index contributed by atoms with van der Waals surface area (Å²) in [5.74, 6) is 1.01. The lowest BCUT2D eigenvalue weighted by Gasteiger charge is -2.22. The van der Waals surface area contributed by atoms with Crippen LogP contribution in [0, 0.1) is 5.92 Å². The molecule has 7 nitrogen and oxygen atoms in total. The predicted molar refractivity (Wildman–Crippen MR) is 173 cm³/mol. The van der Waals surface area contributed by atoms with Crippen molar-refractivity contribution >= 4 is 34.7 Å². The first-order valence-corrected chi connectivity index (χ1v) is 15.9. The summed E-state index contributed by atoms with van der Waals surface area (Å²) in [7, 11) is 1.36. The van der Waals surface area contributed by atoms with Gasteiger partial charge in [-0.2, -0.15) is 0 Å². The largest absolute Gasteiger partial charge is 0.494 e. The van der Waals surface area contributed by atoms with Crippen molar-refractivity contribution in [3.63, 3.8) is 0 Å². The van der Waals surface area contributed by atoms with Gasteiger partial charge in [0.05, 0.1) is 20.1 Å². The van der Waals surface area contributed by atoms with Crippen LogP contribution in [0.1, 0.15) is 45.6 Å². The van der Waals surface area contributed by atoms with Crippen molar-refractivity contribution in [3.05, 3.63) is 118 Å². The molecule has 3 aromatic carbocycles. The molecular weight excluding hydrogens is 572 g/mol. The standard InChI is InChI=1S/C36H38N2O5S/c1-42-36(41)33(37-32-13-6-5-12-31(32)35(40)28-9-3-2-4-10-28)23-26-16-18-29(19-17-26)43-21-8-20-38(25-27-14-15-27)34(39)24-30-11-7-22-44-30/h2-7,9-13,16-19,22,27,33,37H,8,14-15,20-21,23-25H2,1H3. The summed E-state index contributed by atoms with van der Waals surface area (Å²) in [6.45, 7) is 2.02. The molecule has 44 heavy (non-hydrogen) atoms. The summed E-state index contributed by atoms with van der Waals surface area (Å²) >= 11 is 1.62. The lowest BCUT2D eigenvalue weighted by atomic mass is 10.00. The number of thiophene rings is 1. The van der Waals surface area contributed by atoms with E-state index in [1.54, 1.807) is 41.7 Å². The van der Waals surface area contributed by atoms with Gasteiger partial charge in [-0.3, -0.25) is 9.59 Å². The molecule has 8 heteroatoms. The molecule has 1 aromatic heterocycles. The number of esters is 1. The monoisotopic (exact) mass is 610 g/mol. The Hall–Kier alpha value is -4.43. The number of methoxy groups -OCH3 is 1. The molecule has 1 saturated carbocycles. The number of carbonyl (C=O) groups is 3. The van der Waals surface area contributed by atoms with Crippen LogP contribution in [0.4, 0.5) is 5.69 Å². The van der Waals surface area contributed by atoms with Crippen LogP contribution in [0.3, 0.4) is 0 Å². The number of anilines is 1. The van der Waals surface area contributed by atoms with Crippen LogP contribution < -0.4 is 10.1 Å². The summed E-state index contributed by atoms with van der Waals surface area (Å²) in [5.41, 5.74) is 2.55. The van der Waals surface area contributed by atoms with Gasteiger partial charge in [0.2, 0.25) is 5.91 Å². The van der Waals surface area contributed by atoms with Gasteiger partial charge in [-0.25, -0.2) is 4.79 Å². The van der Waals surface area contributed by atoms with Crippen molar-refractivity contribution in [1.29, 1.82) is 0 Å². The molecule has 0 saturated heterocycles. The number of hydrogen-bond donors (Lipinski definition) is 1. The van der Waals surface area contributed by atoms with Crippen LogP contribution in [0.2, 0.25) is 0 Å². The van der Waals surface area contributed by atoms with E-state index in [2.05, 4.69) is 5.32 Å². The number of ether oxygens (including phenoxy) is 2. The van der Waals surface area contributed by atoms with Crippen LogP contribution in [-0.4, -0.2) is 55.4 Å². The molecule has 4 aromatic rings. The van der Waals surface area contributed by atoms with Gasteiger partial charge in [0, 0.05) is 41.2 Å². The maximum Gasteiger partial charge on any atom is 0.328 e. The molecule has 1 aliphatic rings. The molecule has 1 heterocycles. The smallest absolute Gasteiger partial charge is 0.328 e. The van der Waals surface area contributed by atoms with Crippen molar-refractivity contribution in [2.75, 3.05) is 32.1 Å². The Kier molecular flexibility index (Phi) is 10.8. The van der Waals surface area contributed by atoms with Gasteiger partial charge < -0.3 is 19.7 Å². The first kappa shape index (κ1) is 31.0. The van der Waals surface area contributed by atoms with Crippen LogP contribution in [0.25, 0.3) is 0 Å². The fraction of sp³-hybridized carbons (Fsp3) is 0.306. The van der Waals surface area contributed by atoms with E-state index in [4.69, 9.17) is 9.47 Å². The zero-order chi connectivity index (χ0) is 30.7. The van der Waals surface area contributed by atoms with Crippen molar-refractivity contribution in [1.82, 2.24) is 4.90 Å². The van der Waals surface area contributed by atoms with Crippen molar-refractivity contribution in [3.8, 4) is 5.75 Å². The van der Waals surface area contributed by atoms with E-state index in [-0.39, 0.29) is 11.7 Å². The number of para-hydroxylation sites is 1. The molecule has 1 amide bonds. The topological polar surface area (TPSA) is 84.9 Å². The number of nitrogens with zero attached hydrogens (tertiary/aromatic N) is 1. The summed E-state index contributed by atoms with van der Waals surface area (Å²) < 4.78 is 11.1. The number of benzene rings is 3. The Morgan fingerprint density at radius 2 is 1.68 bits per heavy atom. The van der Waals surface area contributed by atoms with Crippen molar-refractivity contribution in [2.24, 2.45) is 5.92 Å². The fourth-order valence-electron chi connectivity index (χ4n) is 5.08. The van der Waals surface area contributed by atoms with Crippen molar-refractivity contribution in [2.45, 2.75) is 38.1 Å².